The van der Waals surface area contributed by atoms with Crippen molar-refractivity contribution < 1.29 is 23.9 Å². The smallest absolute Gasteiger partial charge is 0.407 e. The van der Waals surface area contributed by atoms with Gasteiger partial charge >= 0.3 is 12.1 Å². The van der Waals surface area contributed by atoms with E-state index in [1.807, 2.05) is 0 Å². The summed E-state index contributed by atoms with van der Waals surface area (Å²) in [5.74, 6) is 0.255. The minimum Gasteiger partial charge on any atom is -0.463 e. The molecule has 54 heavy (non-hydrogen) atoms. The van der Waals surface area contributed by atoms with Gasteiger partial charge in [-0.3, -0.25) is 9.59 Å². The summed E-state index contributed by atoms with van der Waals surface area (Å²) in [5.41, 5.74) is 0. The fourth-order valence-corrected chi connectivity index (χ4v) is 7.10. The average molecular weight is 765 g/mol. The molecule has 0 heterocycles. The highest BCUT2D eigenvalue weighted by Gasteiger charge is 2.17. The number of hydrogen-bond donors (Lipinski definition) is 2. The minimum atomic E-state index is -0.551. The highest BCUT2D eigenvalue weighted by Crippen LogP contribution is 2.16. The van der Waals surface area contributed by atoms with Crippen LogP contribution >= 0.6 is 0 Å². The molecule has 0 aromatic rings. The van der Waals surface area contributed by atoms with E-state index in [2.05, 4.69) is 38.3 Å². The van der Waals surface area contributed by atoms with E-state index in [0.717, 1.165) is 51.4 Å². The topological polar surface area (TPSA) is 93.7 Å². The summed E-state index contributed by atoms with van der Waals surface area (Å²) < 4.78 is 11.0. The normalized spacial score (nSPS) is 11.9. The zero-order valence-electron chi connectivity index (χ0n) is 36.6. The summed E-state index contributed by atoms with van der Waals surface area (Å²) in [4.78, 5) is 37.6. The van der Waals surface area contributed by atoms with Crippen molar-refractivity contribution in [2.24, 2.45) is 5.92 Å². The Morgan fingerprint density at radius 3 is 1.19 bits per heavy atom. The molecule has 0 saturated heterocycles. The Kier molecular flexibility index (Phi) is 41.0. The van der Waals surface area contributed by atoms with Crippen LogP contribution in [0, 0.1) is 5.92 Å². The molecular formula is C47H92N2O5. The first kappa shape index (κ1) is 52.2. The molecule has 0 radical (unpaired) electrons. The Morgan fingerprint density at radius 2 is 0.796 bits per heavy atom. The molecule has 2 N–H and O–H groups in total. The summed E-state index contributed by atoms with van der Waals surface area (Å²) in [7, 11) is 0. The predicted molar refractivity (Wildman–Crippen MR) is 230 cm³/mol. The van der Waals surface area contributed by atoms with Gasteiger partial charge in [0, 0.05) is 19.4 Å². The van der Waals surface area contributed by atoms with Crippen LogP contribution in [0.25, 0.3) is 0 Å². The number of nitrogens with one attached hydrogen (secondary N) is 2. The summed E-state index contributed by atoms with van der Waals surface area (Å²) >= 11 is 0. The number of esters is 1. The molecule has 1 unspecified atom stereocenters. The fourth-order valence-electron chi connectivity index (χ4n) is 7.10. The van der Waals surface area contributed by atoms with Crippen LogP contribution in [-0.2, 0) is 19.1 Å². The number of carbonyl (C=O) groups excluding carboxylic acids is 3. The van der Waals surface area contributed by atoms with E-state index in [1.54, 1.807) is 0 Å². The van der Waals surface area contributed by atoms with Crippen molar-refractivity contribution in [3.63, 3.8) is 0 Å². The lowest BCUT2D eigenvalue weighted by Crippen LogP contribution is -2.43. The molecule has 0 bridgehead atoms. The Labute approximate surface area is 335 Å². The van der Waals surface area contributed by atoms with Gasteiger partial charge in [-0.2, -0.15) is 0 Å². The molecule has 0 rings (SSSR count). The largest absolute Gasteiger partial charge is 0.463 e. The lowest BCUT2D eigenvalue weighted by atomic mass is 10.0. The van der Waals surface area contributed by atoms with Gasteiger partial charge in [-0.25, -0.2) is 4.79 Å². The Bertz CT molecular complexity index is 820. The maximum absolute atomic E-state index is 12.8. The van der Waals surface area contributed by atoms with Crippen molar-refractivity contribution in [2.75, 3.05) is 19.8 Å². The van der Waals surface area contributed by atoms with Crippen LogP contribution in [0.4, 0.5) is 4.79 Å². The molecule has 0 aromatic carbocycles. The number of carbonyl (C=O) groups is 3. The van der Waals surface area contributed by atoms with Crippen LogP contribution < -0.4 is 10.6 Å². The van der Waals surface area contributed by atoms with Gasteiger partial charge in [-0.15, -0.1) is 0 Å². The summed E-state index contributed by atoms with van der Waals surface area (Å²) in [6.07, 6.45) is 42.3. The van der Waals surface area contributed by atoms with Crippen molar-refractivity contribution in [1.29, 1.82) is 0 Å². The van der Waals surface area contributed by atoms with E-state index in [0.29, 0.717) is 25.3 Å². The highest BCUT2D eigenvalue weighted by molar-refractivity contribution is 5.76. The number of unbranched alkanes of at least 4 members (excludes halogenated alkanes) is 29. The second-order valence-electron chi connectivity index (χ2n) is 16.8. The third kappa shape index (κ3) is 41.4. The zero-order valence-corrected chi connectivity index (χ0v) is 36.6. The monoisotopic (exact) mass is 765 g/mol. The van der Waals surface area contributed by atoms with Gasteiger partial charge < -0.3 is 20.1 Å². The predicted octanol–water partition coefficient (Wildman–Crippen LogP) is 14.1. The fraction of sp³-hybridized carbons (Fsp3) is 0.936. The number of hydrogen-bond acceptors (Lipinski definition) is 5. The molecule has 7 heteroatoms. The zero-order chi connectivity index (χ0) is 39.6. The van der Waals surface area contributed by atoms with Crippen LogP contribution in [-0.4, -0.2) is 43.8 Å². The second-order valence-corrected chi connectivity index (χ2v) is 16.8. The molecular weight excluding hydrogens is 673 g/mol. The first-order valence-electron chi connectivity index (χ1n) is 23.7. The summed E-state index contributed by atoms with van der Waals surface area (Å²) in [5, 5.41) is 5.75. The van der Waals surface area contributed by atoms with Gasteiger partial charge in [0.1, 0.15) is 13.2 Å². The Balaban J connectivity index is 4.15. The van der Waals surface area contributed by atoms with Gasteiger partial charge in [0.15, 0.2) is 0 Å². The van der Waals surface area contributed by atoms with Crippen LogP contribution in [0.3, 0.4) is 0 Å². The van der Waals surface area contributed by atoms with Crippen LogP contribution in [0.1, 0.15) is 252 Å². The maximum Gasteiger partial charge on any atom is 0.407 e. The first-order valence-corrected chi connectivity index (χ1v) is 23.7. The minimum absolute atomic E-state index is 0.0168. The van der Waals surface area contributed by atoms with E-state index in [9.17, 15) is 14.4 Å². The van der Waals surface area contributed by atoms with Crippen LogP contribution in [0.2, 0.25) is 0 Å². The lowest BCUT2D eigenvalue weighted by Gasteiger charge is -2.19. The summed E-state index contributed by atoms with van der Waals surface area (Å²) in [6.45, 7) is 9.42. The molecule has 0 fully saturated rings. The van der Waals surface area contributed by atoms with Crippen LogP contribution in [0.15, 0.2) is 0 Å². The number of rotatable bonds is 42. The summed E-state index contributed by atoms with van der Waals surface area (Å²) in [6, 6.07) is -0.551. The standard InChI is InChI=1S/C47H92N2O5/c1-5-7-9-11-13-15-17-19-21-23-24-26-28-30-32-34-38-45(50)49-44(42-54-47(52)48-40-36-37-43(3)4)41-53-46(51)39-35-33-31-29-27-25-22-20-18-16-14-12-10-8-6-2/h43-44H,5-42H2,1-4H3,(H,48,52)(H,49,50). The molecule has 0 aliphatic rings. The molecule has 7 nitrogen and oxygen atoms in total. The van der Waals surface area contributed by atoms with Crippen molar-refractivity contribution in [1.82, 2.24) is 10.6 Å². The SMILES string of the molecule is CCCCCCCCCCCCCCCCCCC(=O)NC(COC(=O)CCCCCCCCCCCCCCCCC)COC(=O)NCCCC(C)C. The van der Waals surface area contributed by atoms with Crippen molar-refractivity contribution in [2.45, 2.75) is 258 Å². The molecule has 320 valence electrons. The third-order valence-corrected chi connectivity index (χ3v) is 10.7. The Morgan fingerprint density at radius 1 is 0.444 bits per heavy atom. The lowest BCUT2D eigenvalue weighted by molar-refractivity contribution is -0.145. The van der Waals surface area contributed by atoms with E-state index in [4.69, 9.17) is 9.47 Å². The van der Waals surface area contributed by atoms with Gasteiger partial charge in [-0.1, -0.05) is 214 Å². The van der Waals surface area contributed by atoms with E-state index >= 15 is 0 Å². The van der Waals surface area contributed by atoms with Gasteiger partial charge in [0.25, 0.3) is 0 Å². The molecule has 1 atom stereocenters. The number of amides is 2. The Hall–Kier alpha value is -1.79. The highest BCUT2D eigenvalue weighted by atomic mass is 16.6. The van der Waals surface area contributed by atoms with Crippen molar-refractivity contribution >= 4 is 18.0 Å². The van der Waals surface area contributed by atoms with Gasteiger partial charge in [0.05, 0.1) is 6.04 Å². The maximum atomic E-state index is 12.8. The van der Waals surface area contributed by atoms with Crippen LogP contribution in [0.5, 0.6) is 0 Å². The average Bonchev–Trinajstić information content (AvgIpc) is 3.15. The first-order chi connectivity index (χ1) is 26.4. The molecule has 0 aliphatic carbocycles. The molecule has 0 spiro atoms. The third-order valence-electron chi connectivity index (χ3n) is 10.7. The van der Waals surface area contributed by atoms with E-state index in [1.165, 1.54) is 161 Å². The molecule has 2 amide bonds. The van der Waals surface area contributed by atoms with E-state index < -0.39 is 12.1 Å². The van der Waals surface area contributed by atoms with Gasteiger partial charge in [-0.05, 0) is 31.6 Å². The quantitative estimate of drug-likeness (QED) is 0.0477. The second kappa shape index (κ2) is 42.4. The van der Waals surface area contributed by atoms with E-state index in [-0.39, 0.29) is 25.1 Å². The van der Waals surface area contributed by atoms with Gasteiger partial charge in [0.2, 0.25) is 5.91 Å². The van der Waals surface area contributed by atoms with Crippen molar-refractivity contribution in [3.05, 3.63) is 0 Å². The number of ether oxygens (including phenoxy) is 2. The molecule has 0 aliphatic heterocycles. The molecule has 0 saturated carbocycles. The van der Waals surface area contributed by atoms with Crippen molar-refractivity contribution in [3.8, 4) is 0 Å². The molecule has 0 aromatic heterocycles. The number of alkyl carbamates (subject to hydrolysis) is 1.